The van der Waals surface area contributed by atoms with E-state index in [0.29, 0.717) is 26.1 Å². The molecule has 2 N–H and O–H groups in total. The molecule has 1 aliphatic heterocycles. The Hall–Kier alpha value is -0.663. The van der Waals surface area contributed by atoms with Crippen LogP contribution in [0.1, 0.15) is 27.2 Å². The number of halogens is 1. The molecule has 2 atom stereocenters. The Bertz CT molecular complexity index is 361. The van der Waals surface area contributed by atoms with Crippen molar-refractivity contribution in [3.05, 3.63) is 0 Å². The van der Waals surface area contributed by atoms with Gasteiger partial charge in [0, 0.05) is 26.2 Å². The second kappa shape index (κ2) is 7.06. The van der Waals surface area contributed by atoms with Gasteiger partial charge in [-0.15, -0.1) is 0 Å². The van der Waals surface area contributed by atoms with Crippen molar-refractivity contribution in [3.8, 4) is 0 Å². The second-order valence-corrected chi connectivity index (χ2v) is 12.1. The number of nitrogens with zero attached hydrogens (tertiary/aromatic N) is 1. The van der Waals surface area contributed by atoms with Crippen LogP contribution >= 0.6 is 0 Å². The van der Waals surface area contributed by atoms with E-state index in [1.165, 1.54) is 0 Å². The molecule has 0 aliphatic carbocycles. The lowest BCUT2D eigenvalue weighted by Gasteiger charge is -2.38. The van der Waals surface area contributed by atoms with E-state index in [-0.39, 0.29) is 11.6 Å². The fourth-order valence-electron chi connectivity index (χ4n) is 2.14. The minimum absolute atomic E-state index is 0.175. The Kier molecular flexibility index (Phi) is 6.19. The first-order chi connectivity index (χ1) is 9.53. The predicted molar refractivity (Wildman–Crippen MR) is 84.1 cm³/mol. The van der Waals surface area contributed by atoms with E-state index in [1.54, 1.807) is 0 Å². The zero-order chi connectivity index (χ0) is 16.3. The SMILES string of the molecule is CC(C)(C)[Si](C)(C)OCCN1CC[C@@H](NC(=O)O)[C@H](F)C1. The van der Waals surface area contributed by atoms with Crippen molar-refractivity contribution in [1.82, 2.24) is 10.2 Å². The molecule has 21 heavy (non-hydrogen) atoms. The lowest BCUT2D eigenvalue weighted by molar-refractivity contribution is 0.0878. The molecule has 1 fully saturated rings. The molecule has 1 saturated heterocycles. The van der Waals surface area contributed by atoms with Gasteiger partial charge in [-0.25, -0.2) is 9.18 Å². The number of carbonyl (C=O) groups is 1. The summed E-state index contributed by atoms with van der Waals surface area (Å²) in [6, 6.07) is -0.583. The first kappa shape index (κ1) is 18.4. The van der Waals surface area contributed by atoms with Gasteiger partial charge in [0.25, 0.3) is 0 Å². The van der Waals surface area contributed by atoms with Crippen LogP contribution in [0, 0.1) is 0 Å². The highest BCUT2D eigenvalue weighted by Crippen LogP contribution is 2.36. The molecule has 1 rings (SSSR count). The van der Waals surface area contributed by atoms with Crippen molar-refractivity contribution in [2.75, 3.05) is 26.2 Å². The molecule has 1 amide bonds. The Morgan fingerprint density at radius 2 is 2.10 bits per heavy atom. The van der Waals surface area contributed by atoms with Gasteiger partial charge in [0.05, 0.1) is 6.04 Å². The molecule has 124 valence electrons. The minimum Gasteiger partial charge on any atom is -0.465 e. The summed E-state index contributed by atoms with van der Waals surface area (Å²) in [7, 11) is -1.75. The van der Waals surface area contributed by atoms with Crippen molar-refractivity contribution >= 4 is 14.4 Å². The molecule has 0 spiro atoms. The summed E-state index contributed by atoms with van der Waals surface area (Å²) >= 11 is 0. The van der Waals surface area contributed by atoms with Crippen LogP contribution in [0.4, 0.5) is 9.18 Å². The van der Waals surface area contributed by atoms with Gasteiger partial charge in [-0.1, -0.05) is 20.8 Å². The van der Waals surface area contributed by atoms with Crippen LogP contribution in [0.25, 0.3) is 0 Å². The molecule has 0 aromatic carbocycles. The van der Waals surface area contributed by atoms with Gasteiger partial charge < -0.3 is 14.8 Å². The van der Waals surface area contributed by atoms with Crippen molar-refractivity contribution < 1.29 is 18.7 Å². The fraction of sp³-hybridized carbons (Fsp3) is 0.929. The molecule has 0 aromatic rings. The topological polar surface area (TPSA) is 61.8 Å². The quantitative estimate of drug-likeness (QED) is 0.765. The Morgan fingerprint density at radius 1 is 1.48 bits per heavy atom. The van der Waals surface area contributed by atoms with Crippen LogP contribution in [0.3, 0.4) is 0 Å². The average Bonchev–Trinajstić information content (AvgIpc) is 2.30. The van der Waals surface area contributed by atoms with Gasteiger partial charge in [-0.2, -0.15) is 0 Å². The smallest absolute Gasteiger partial charge is 0.404 e. The minimum atomic E-state index is -1.75. The monoisotopic (exact) mass is 320 g/mol. The molecule has 0 bridgehead atoms. The maximum atomic E-state index is 13.9. The lowest BCUT2D eigenvalue weighted by Crippen LogP contribution is -2.53. The van der Waals surface area contributed by atoms with Crippen molar-refractivity contribution in [1.29, 1.82) is 0 Å². The highest BCUT2D eigenvalue weighted by Gasteiger charge is 2.37. The molecule has 5 nitrogen and oxygen atoms in total. The molecule has 7 heteroatoms. The van der Waals surface area contributed by atoms with E-state index < -0.39 is 26.6 Å². The number of rotatable bonds is 5. The van der Waals surface area contributed by atoms with Crippen LogP contribution in [0.5, 0.6) is 0 Å². The molecule has 0 saturated carbocycles. The number of piperidine rings is 1. The third-order valence-corrected chi connectivity index (χ3v) is 9.15. The normalized spacial score (nSPS) is 24.9. The van der Waals surface area contributed by atoms with Gasteiger partial charge in [-0.05, 0) is 24.6 Å². The number of nitrogens with one attached hydrogen (secondary N) is 1. The summed E-state index contributed by atoms with van der Waals surface area (Å²) in [5.74, 6) is 0. The summed E-state index contributed by atoms with van der Waals surface area (Å²) in [6.45, 7) is 13.3. The molecule has 1 heterocycles. The zero-order valence-corrected chi connectivity index (χ0v) is 14.8. The van der Waals surface area contributed by atoms with E-state index in [4.69, 9.17) is 9.53 Å². The van der Waals surface area contributed by atoms with Crippen LogP contribution in [-0.2, 0) is 4.43 Å². The Morgan fingerprint density at radius 3 is 2.57 bits per heavy atom. The van der Waals surface area contributed by atoms with E-state index in [2.05, 4.69) is 39.2 Å². The third-order valence-electron chi connectivity index (χ3n) is 4.61. The van der Waals surface area contributed by atoms with Gasteiger partial charge in [0.1, 0.15) is 6.17 Å². The fourth-order valence-corrected chi connectivity index (χ4v) is 3.17. The molecule has 0 radical (unpaired) electrons. The maximum Gasteiger partial charge on any atom is 0.404 e. The highest BCUT2D eigenvalue weighted by atomic mass is 28.4. The molecule has 0 aromatic heterocycles. The lowest BCUT2D eigenvalue weighted by atomic mass is 10.0. The predicted octanol–water partition coefficient (Wildman–Crippen LogP) is 2.69. The third kappa shape index (κ3) is 5.56. The summed E-state index contributed by atoms with van der Waals surface area (Å²) in [5, 5.41) is 11.1. The Labute approximate surface area is 128 Å². The van der Waals surface area contributed by atoms with E-state index in [1.807, 2.05) is 4.90 Å². The number of hydrogen-bond donors (Lipinski definition) is 2. The first-order valence-corrected chi connectivity index (χ1v) is 10.4. The maximum absolute atomic E-state index is 13.9. The van der Waals surface area contributed by atoms with Gasteiger partial charge in [0.15, 0.2) is 8.32 Å². The van der Waals surface area contributed by atoms with E-state index in [9.17, 15) is 9.18 Å². The number of likely N-dealkylation sites (tertiary alicyclic amines) is 1. The standard InChI is InChI=1S/C14H29FN2O3Si/c1-14(2,3)21(4,5)20-9-8-17-7-6-12(11(15)10-17)16-13(18)19/h11-12,16H,6-10H2,1-5H3,(H,18,19)/t11-,12-/m1/s1. The van der Waals surface area contributed by atoms with Gasteiger partial charge in [0.2, 0.25) is 0 Å². The molecule has 0 unspecified atom stereocenters. The number of alkyl halides is 1. The molecular weight excluding hydrogens is 291 g/mol. The van der Waals surface area contributed by atoms with E-state index >= 15 is 0 Å². The van der Waals surface area contributed by atoms with Crippen molar-refractivity contribution in [3.63, 3.8) is 0 Å². The second-order valence-electron chi connectivity index (χ2n) is 7.27. The number of hydrogen-bond acceptors (Lipinski definition) is 3. The van der Waals surface area contributed by atoms with Gasteiger partial charge >= 0.3 is 6.09 Å². The summed E-state index contributed by atoms with van der Waals surface area (Å²) in [4.78, 5) is 12.6. The Balaban J connectivity index is 2.34. The zero-order valence-electron chi connectivity index (χ0n) is 13.8. The highest BCUT2D eigenvalue weighted by molar-refractivity contribution is 6.74. The van der Waals surface area contributed by atoms with Crippen LogP contribution in [-0.4, -0.2) is 62.9 Å². The van der Waals surface area contributed by atoms with Crippen LogP contribution in [0.15, 0.2) is 0 Å². The first-order valence-electron chi connectivity index (χ1n) is 7.53. The number of carboxylic acid groups (broad SMARTS) is 1. The molecular formula is C14H29FN2O3Si. The number of amides is 1. The van der Waals surface area contributed by atoms with Gasteiger partial charge in [-0.3, -0.25) is 4.90 Å². The van der Waals surface area contributed by atoms with Crippen LogP contribution in [0.2, 0.25) is 18.1 Å². The van der Waals surface area contributed by atoms with Crippen molar-refractivity contribution in [2.45, 2.75) is 57.5 Å². The van der Waals surface area contributed by atoms with E-state index in [0.717, 1.165) is 0 Å². The summed E-state index contributed by atoms with van der Waals surface area (Å²) in [6.07, 6.45) is -1.80. The summed E-state index contributed by atoms with van der Waals surface area (Å²) in [5.41, 5.74) is 0. The largest absolute Gasteiger partial charge is 0.465 e. The van der Waals surface area contributed by atoms with Crippen molar-refractivity contribution in [2.24, 2.45) is 0 Å². The van der Waals surface area contributed by atoms with Crippen LogP contribution < -0.4 is 5.32 Å². The summed E-state index contributed by atoms with van der Waals surface area (Å²) < 4.78 is 20.0. The average molecular weight is 320 g/mol. The molecule has 1 aliphatic rings.